The lowest BCUT2D eigenvalue weighted by Crippen LogP contribution is -2.40. The molecule has 0 aromatic heterocycles. The second-order valence-electron chi connectivity index (χ2n) is 11.1. The maximum Gasteiger partial charge on any atom is 0.338 e. The molecule has 3 aliphatic heterocycles. The van der Waals surface area contributed by atoms with Crippen LogP contribution in [0.4, 0.5) is 0 Å². The first-order chi connectivity index (χ1) is 21.8. The van der Waals surface area contributed by atoms with Crippen molar-refractivity contribution >= 4 is 22.1 Å². The van der Waals surface area contributed by atoms with E-state index in [0.29, 0.717) is 17.5 Å². The molecule has 11 nitrogen and oxygen atoms in total. The fourth-order valence-corrected chi connectivity index (χ4v) is 6.51. The number of epoxide rings is 1. The third-order valence-corrected chi connectivity index (χ3v) is 9.18. The van der Waals surface area contributed by atoms with Crippen molar-refractivity contribution in [3.8, 4) is 0 Å². The molecule has 0 amide bonds. The fraction of sp³-hybridized carbons (Fsp3) is 0.394. The van der Waals surface area contributed by atoms with E-state index in [1.807, 2.05) is 13.0 Å². The number of fused-ring (bicyclic) bond motifs is 1. The summed E-state index contributed by atoms with van der Waals surface area (Å²) in [4.78, 5) is 24.7. The Morgan fingerprint density at radius 2 is 1.33 bits per heavy atom. The molecule has 238 valence electrons. The summed E-state index contributed by atoms with van der Waals surface area (Å²) < 4.78 is 67.1. The third kappa shape index (κ3) is 7.60. The van der Waals surface area contributed by atoms with Crippen LogP contribution in [0.2, 0.25) is 0 Å². The molecule has 0 unspecified atom stereocenters. The van der Waals surface area contributed by atoms with Crippen LogP contribution in [-0.4, -0.2) is 83.1 Å². The zero-order valence-corrected chi connectivity index (χ0v) is 25.4. The molecule has 3 aromatic carbocycles. The normalized spacial score (nSPS) is 27.1. The van der Waals surface area contributed by atoms with Crippen molar-refractivity contribution in [3.05, 3.63) is 102 Å². The van der Waals surface area contributed by atoms with Gasteiger partial charge in [-0.25, -0.2) is 9.59 Å². The minimum Gasteiger partial charge on any atom is -0.462 e. The summed E-state index contributed by atoms with van der Waals surface area (Å²) in [5.41, 5.74) is 1.77. The van der Waals surface area contributed by atoms with Gasteiger partial charge in [0.1, 0.15) is 24.4 Å². The lowest BCUT2D eigenvalue weighted by atomic mass is 10.1. The van der Waals surface area contributed by atoms with E-state index in [9.17, 15) is 18.0 Å². The van der Waals surface area contributed by atoms with Gasteiger partial charge in [-0.15, -0.1) is 0 Å². The highest BCUT2D eigenvalue weighted by atomic mass is 32.2. The molecule has 6 rings (SSSR count). The van der Waals surface area contributed by atoms with Crippen LogP contribution in [0.5, 0.6) is 0 Å². The molecule has 0 aliphatic carbocycles. The monoisotopic (exact) mass is 638 g/mol. The maximum atomic E-state index is 13.3. The number of hydrogen-bond acceptors (Lipinski definition) is 11. The summed E-state index contributed by atoms with van der Waals surface area (Å²) in [7, 11) is -4.19. The Hall–Kier alpha value is -3.65. The van der Waals surface area contributed by atoms with E-state index in [-0.39, 0.29) is 49.4 Å². The number of esters is 2. The smallest absolute Gasteiger partial charge is 0.338 e. The molecule has 3 saturated heterocycles. The van der Waals surface area contributed by atoms with Crippen molar-refractivity contribution in [3.63, 3.8) is 0 Å². The summed E-state index contributed by atoms with van der Waals surface area (Å²) in [5, 5.41) is 0. The van der Waals surface area contributed by atoms with Crippen LogP contribution in [0.3, 0.4) is 0 Å². The summed E-state index contributed by atoms with van der Waals surface area (Å²) in [6, 6.07) is 23.6. The van der Waals surface area contributed by atoms with E-state index in [1.54, 1.807) is 66.7 Å². The quantitative estimate of drug-likeness (QED) is 0.153. The standard InChI is InChI=1S/C33H34O11S/c1-21-12-14-24(15-13-21)45(36,37)44-28-25(16-18-38-31(34)22-8-4-2-5-9-22)40-20-27(28)42-33-30-29(43-30)26(41-33)17-19-39-32(35)23-10-6-3-7-11-23/h2-15,25-30,33H,16-20H2,1H3/t25-,26-,27+,28+,29-,30-,33+/m1/s1. The molecular weight excluding hydrogens is 604 g/mol. The average molecular weight is 639 g/mol. The summed E-state index contributed by atoms with van der Waals surface area (Å²) in [6.07, 6.45) is -3.76. The van der Waals surface area contributed by atoms with E-state index in [1.165, 1.54) is 12.1 Å². The second kappa shape index (κ2) is 13.8. The van der Waals surface area contributed by atoms with Crippen molar-refractivity contribution in [1.29, 1.82) is 0 Å². The number of carbonyl (C=O) groups is 2. The molecule has 0 spiro atoms. The van der Waals surface area contributed by atoms with Crippen LogP contribution in [0, 0.1) is 6.92 Å². The molecule has 0 bridgehead atoms. The van der Waals surface area contributed by atoms with Gasteiger partial charge in [0.15, 0.2) is 6.29 Å². The first-order valence-corrected chi connectivity index (χ1v) is 16.2. The van der Waals surface area contributed by atoms with Crippen LogP contribution in [-0.2, 0) is 42.7 Å². The Morgan fingerprint density at radius 3 is 1.93 bits per heavy atom. The average Bonchev–Trinajstić information content (AvgIpc) is 3.67. The first-order valence-electron chi connectivity index (χ1n) is 14.8. The Bertz CT molecular complexity index is 1560. The molecule has 12 heteroatoms. The zero-order chi connectivity index (χ0) is 31.4. The molecule has 3 heterocycles. The van der Waals surface area contributed by atoms with Gasteiger partial charge in [-0.2, -0.15) is 8.42 Å². The van der Waals surface area contributed by atoms with Gasteiger partial charge >= 0.3 is 11.9 Å². The predicted octanol–water partition coefficient (Wildman–Crippen LogP) is 3.84. The van der Waals surface area contributed by atoms with Crippen LogP contribution in [0.1, 0.15) is 39.1 Å². The van der Waals surface area contributed by atoms with Crippen molar-refractivity contribution in [2.75, 3.05) is 19.8 Å². The van der Waals surface area contributed by atoms with E-state index >= 15 is 0 Å². The summed E-state index contributed by atoms with van der Waals surface area (Å²) in [5.74, 6) is -0.920. The van der Waals surface area contributed by atoms with Gasteiger partial charge in [0.2, 0.25) is 0 Å². The number of rotatable bonds is 13. The minimum atomic E-state index is -4.19. The van der Waals surface area contributed by atoms with Crippen molar-refractivity contribution in [1.82, 2.24) is 0 Å². The Kier molecular flexibility index (Phi) is 9.59. The fourth-order valence-electron chi connectivity index (χ4n) is 5.39. The largest absolute Gasteiger partial charge is 0.462 e. The second-order valence-corrected chi connectivity index (χ2v) is 12.6. The van der Waals surface area contributed by atoms with E-state index in [0.717, 1.165) is 5.56 Å². The lowest BCUT2D eigenvalue weighted by molar-refractivity contribution is -0.206. The van der Waals surface area contributed by atoms with E-state index in [4.69, 9.17) is 32.6 Å². The summed E-state index contributed by atoms with van der Waals surface area (Å²) in [6.45, 7) is 2.00. The lowest BCUT2D eigenvalue weighted by Gasteiger charge is -2.26. The Labute approximate surface area is 261 Å². The van der Waals surface area contributed by atoms with E-state index in [2.05, 4.69) is 0 Å². The van der Waals surface area contributed by atoms with Crippen LogP contribution in [0.15, 0.2) is 89.8 Å². The number of benzene rings is 3. The highest BCUT2D eigenvalue weighted by molar-refractivity contribution is 7.86. The molecule has 0 N–H and O–H groups in total. The van der Waals surface area contributed by atoms with Gasteiger partial charge in [-0.1, -0.05) is 54.1 Å². The minimum absolute atomic E-state index is 0.000765. The van der Waals surface area contributed by atoms with Crippen LogP contribution in [0.25, 0.3) is 0 Å². The van der Waals surface area contributed by atoms with Crippen molar-refractivity contribution in [2.24, 2.45) is 0 Å². The molecular formula is C33H34O11S. The van der Waals surface area contributed by atoms with Gasteiger partial charge in [0.05, 0.1) is 48.1 Å². The molecule has 45 heavy (non-hydrogen) atoms. The van der Waals surface area contributed by atoms with Crippen molar-refractivity contribution in [2.45, 2.75) is 67.6 Å². The summed E-state index contributed by atoms with van der Waals surface area (Å²) >= 11 is 0. The number of aryl methyl sites for hydroxylation is 1. The first kappa shape index (κ1) is 31.3. The zero-order valence-electron chi connectivity index (χ0n) is 24.6. The maximum absolute atomic E-state index is 13.3. The van der Waals surface area contributed by atoms with Gasteiger partial charge < -0.3 is 28.4 Å². The van der Waals surface area contributed by atoms with Crippen LogP contribution >= 0.6 is 0 Å². The van der Waals surface area contributed by atoms with Gasteiger partial charge in [0.25, 0.3) is 10.1 Å². The SMILES string of the molecule is Cc1ccc(S(=O)(=O)O[C@@H]2[C@@H](O[C@@H]3O[C@H](CCOC(=O)c4ccccc4)[C@H]4O[C@@H]34)CO[C@@H]2CCOC(=O)c2ccccc2)cc1. The molecule has 3 aromatic rings. The molecule has 3 aliphatic rings. The molecule has 0 radical (unpaired) electrons. The molecule has 7 atom stereocenters. The highest BCUT2D eigenvalue weighted by Gasteiger charge is 2.60. The van der Waals surface area contributed by atoms with Gasteiger partial charge in [-0.05, 0) is 43.3 Å². The molecule has 3 fully saturated rings. The Morgan fingerprint density at radius 1 is 0.756 bits per heavy atom. The molecule has 0 saturated carbocycles. The van der Waals surface area contributed by atoms with Crippen molar-refractivity contribution < 1.29 is 50.6 Å². The predicted molar refractivity (Wildman–Crippen MR) is 158 cm³/mol. The highest BCUT2D eigenvalue weighted by Crippen LogP contribution is 2.42. The van der Waals surface area contributed by atoms with E-state index < -0.39 is 46.7 Å². The number of carbonyl (C=O) groups excluding carboxylic acids is 2. The third-order valence-electron chi connectivity index (χ3n) is 7.86. The van der Waals surface area contributed by atoms with Crippen LogP contribution < -0.4 is 0 Å². The number of ether oxygens (including phenoxy) is 6. The Balaban J connectivity index is 1.07. The topological polar surface area (TPSA) is 136 Å². The van der Waals surface area contributed by atoms with Gasteiger partial charge in [0, 0.05) is 12.8 Å². The number of hydrogen-bond donors (Lipinski definition) is 0. The van der Waals surface area contributed by atoms with Gasteiger partial charge in [-0.3, -0.25) is 4.18 Å².